The SMILES string of the molecule is CN(Cc1ccc(CN(Cc2ccccn2)CC2CCCO2)o1)S(C)(=O)=O. The Balaban J connectivity index is 1.66. The van der Waals surface area contributed by atoms with Crippen molar-refractivity contribution < 1.29 is 17.6 Å². The van der Waals surface area contributed by atoms with Crippen molar-refractivity contribution >= 4 is 10.0 Å². The molecular weight excluding hydrogens is 366 g/mol. The molecule has 0 aromatic carbocycles. The van der Waals surface area contributed by atoms with Gasteiger partial charge in [-0.1, -0.05) is 6.07 Å². The van der Waals surface area contributed by atoms with Crippen LogP contribution in [0.5, 0.6) is 0 Å². The first-order chi connectivity index (χ1) is 12.9. The van der Waals surface area contributed by atoms with Crippen molar-refractivity contribution in [3.05, 3.63) is 53.7 Å². The molecule has 0 N–H and O–H groups in total. The van der Waals surface area contributed by atoms with Crippen molar-refractivity contribution in [2.75, 3.05) is 26.5 Å². The highest BCUT2D eigenvalue weighted by molar-refractivity contribution is 7.88. The van der Waals surface area contributed by atoms with Crippen LogP contribution in [0.2, 0.25) is 0 Å². The van der Waals surface area contributed by atoms with Gasteiger partial charge in [0, 0.05) is 32.9 Å². The van der Waals surface area contributed by atoms with Gasteiger partial charge in [0.15, 0.2) is 0 Å². The average Bonchev–Trinajstić information content (AvgIpc) is 3.27. The van der Waals surface area contributed by atoms with Crippen LogP contribution in [0.15, 0.2) is 40.9 Å². The predicted molar refractivity (Wildman–Crippen MR) is 102 cm³/mol. The molecule has 0 radical (unpaired) electrons. The van der Waals surface area contributed by atoms with Crippen LogP contribution in [-0.4, -0.2) is 55.2 Å². The Kier molecular flexibility index (Phi) is 6.64. The first-order valence-electron chi connectivity index (χ1n) is 9.13. The lowest BCUT2D eigenvalue weighted by atomic mass is 10.2. The molecule has 0 amide bonds. The average molecular weight is 394 g/mol. The molecule has 0 bridgehead atoms. The predicted octanol–water partition coefficient (Wildman–Crippen LogP) is 2.25. The van der Waals surface area contributed by atoms with E-state index in [0.717, 1.165) is 37.4 Å². The number of pyridine rings is 1. The van der Waals surface area contributed by atoms with Crippen LogP contribution in [0.1, 0.15) is 30.1 Å². The van der Waals surface area contributed by atoms with Crippen molar-refractivity contribution in [3.63, 3.8) is 0 Å². The van der Waals surface area contributed by atoms with Crippen molar-refractivity contribution in [2.45, 2.75) is 38.6 Å². The van der Waals surface area contributed by atoms with Gasteiger partial charge in [0.1, 0.15) is 11.5 Å². The van der Waals surface area contributed by atoms with E-state index in [2.05, 4.69) is 9.88 Å². The standard InChI is InChI=1S/C19H27N3O4S/c1-21(27(2,23)24)13-18-8-9-19(26-18)15-22(14-17-7-5-11-25-17)12-16-6-3-4-10-20-16/h3-4,6,8-10,17H,5,7,11-15H2,1-2H3. The van der Waals surface area contributed by atoms with Crippen LogP contribution >= 0.6 is 0 Å². The summed E-state index contributed by atoms with van der Waals surface area (Å²) in [5.74, 6) is 1.44. The second kappa shape index (κ2) is 8.97. The quantitative estimate of drug-likeness (QED) is 0.650. The molecular formula is C19H27N3O4S. The van der Waals surface area contributed by atoms with Crippen molar-refractivity contribution in [1.29, 1.82) is 0 Å². The Bertz CT molecular complexity index is 816. The third-order valence-corrected chi connectivity index (χ3v) is 5.90. The Labute approximate surface area is 161 Å². The molecule has 1 aliphatic rings. The summed E-state index contributed by atoms with van der Waals surface area (Å²) >= 11 is 0. The van der Waals surface area contributed by atoms with Crippen LogP contribution in [-0.2, 0) is 34.4 Å². The van der Waals surface area contributed by atoms with Crippen LogP contribution in [0.25, 0.3) is 0 Å². The lowest BCUT2D eigenvalue weighted by Gasteiger charge is -2.24. The van der Waals surface area contributed by atoms with E-state index in [1.807, 2.05) is 30.3 Å². The number of rotatable bonds is 9. The minimum Gasteiger partial charge on any atom is -0.463 e. The van der Waals surface area contributed by atoms with Gasteiger partial charge >= 0.3 is 0 Å². The first-order valence-corrected chi connectivity index (χ1v) is 11.0. The first kappa shape index (κ1) is 20.0. The fourth-order valence-corrected chi connectivity index (χ4v) is 3.49. The van der Waals surface area contributed by atoms with Gasteiger partial charge in [0.05, 0.1) is 31.1 Å². The number of aromatic nitrogens is 1. The third kappa shape index (κ3) is 6.14. The van der Waals surface area contributed by atoms with E-state index in [9.17, 15) is 8.42 Å². The Morgan fingerprint density at radius 3 is 2.56 bits per heavy atom. The molecule has 0 aliphatic carbocycles. The van der Waals surface area contributed by atoms with E-state index in [1.54, 1.807) is 13.2 Å². The second-order valence-electron chi connectivity index (χ2n) is 7.01. The maximum Gasteiger partial charge on any atom is 0.211 e. The van der Waals surface area contributed by atoms with Gasteiger partial charge in [-0.15, -0.1) is 0 Å². The molecule has 3 rings (SSSR count). The fraction of sp³-hybridized carbons (Fsp3) is 0.526. The van der Waals surface area contributed by atoms with Gasteiger partial charge in [-0.2, -0.15) is 4.31 Å². The zero-order chi connectivity index (χ0) is 19.3. The largest absolute Gasteiger partial charge is 0.463 e. The van der Waals surface area contributed by atoms with Gasteiger partial charge < -0.3 is 9.15 Å². The monoisotopic (exact) mass is 393 g/mol. The topological polar surface area (TPSA) is 75.9 Å². The van der Waals surface area contributed by atoms with E-state index in [0.29, 0.717) is 18.8 Å². The minimum atomic E-state index is -3.23. The van der Waals surface area contributed by atoms with Crippen molar-refractivity contribution in [2.24, 2.45) is 0 Å². The lowest BCUT2D eigenvalue weighted by Crippen LogP contribution is -2.31. The van der Waals surface area contributed by atoms with E-state index < -0.39 is 10.0 Å². The highest BCUT2D eigenvalue weighted by atomic mass is 32.2. The van der Waals surface area contributed by atoms with E-state index >= 15 is 0 Å². The number of hydrogen-bond acceptors (Lipinski definition) is 6. The van der Waals surface area contributed by atoms with Crippen LogP contribution in [0.3, 0.4) is 0 Å². The van der Waals surface area contributed by atoms with Gasteiger partial charge in [-0.3, -0.25) is 9.88 Å². The summed E-state index contributed by atoms with van der Waals surface area (Å²) < 4.78 is 36.1. The molecule has 1 aliphatic heterocycles. The molecule has 7 nitrogen and oxygen atoms in total. The summed E-state index contributed by atoms with van der Waals surface area (Å²) in [4.78, 5) is 6.68. The molecule has 2 aromatic rings. The molecule has 1 fully saturated rings. The molecule has 0 spiro atoms. The highest BCUT2D eigenvalue weighted by Crippen LogP contribution is 2.18. The number of hydrogen-bond donors (Lipinski definition) is 0. The Morgan fingerprint density at radius 2 is 1.93 bits per heavy atom. The van der Waals surface area contributed by atoms with Crippen LogP contribution in [0.4, 0.5) is 0 Å². The molecule has 1 unspecified atom stereocenters. The number of ether oxygens (including phenoxy) is 1. The molecule has 148 valence electrons. The van der Waals surface area contributed by atoms with Gasteiger partial charge in [-0.25, -0.2) is 8.42 Å². The van der Waals surface area contributed by atoms with Gasteiger partial charge in [0.25, 0.3) is 0 Å². The smallest absolute Gasteiger partial charge is 0.211 e. The zero-order valence-corrected chi connectivity index (χ0v) is 16.7. The van der Waals surface area contributed by atoms with Crippen molar-refractivity contribution in [1.82, 2.24) is 14.2 Å². The molecule has 0 saturated carbocycles. The van der Waals surface area contributed by atoms with Crippen molar-refractivity contribution in [3.8, 4) is 0 Å². The number of nitrogens with zero attached hydrogens (tertiary/aromatic N) is 3. The highest BCUT2D eigenvalue weighted by Gasteiger charge is 2.21. The van der Waals surface area contributed by atoms with E-state index in [-0.39, 0.29) is 12.6 Å². The van der Waals surface area contributed by atoms with Gasteiger partial charge in [-0.05, 0) is 37.1 Å². The summed E-state index contributed by atoms with van der Waals surface area (Å²) in [5, 5.41) is 0. The summed E-state index contributed by atoms with van der Waals surface area (Å²) in [7, 11) is -1.69. The van der Waals surface area contributed by atoms with Gasteiger partial charge in [0.2, 0.25) is 10.0 Å². The summed E-state index contributed by atoms with van der Waals surface area (Å²) in [6, 6.07) is 9.65. The Morgan fingerprint density at radius 1 is 1.15 bits per heavy atom. The third-order valence-electron chi connectivity index (χ3n) is 4.64. The molecule has 3 heterocycles. The molecule has 1 saturated heterocycles. The summed E-state index contributed by atoms with van der Waals surface area (Å²) in [6.07, 6.45) is 5.39. The Hall–Kier alpha value is -1.74. The molecule has 2 aromatic heterocycles. The molecule has 27 heavy (non-hydrogen) atoms. The fourth-order valence-electron chi connectivity index (χ4n) is 3.13. The maximum absolute atomic E-state index is 11.6. The molecule has 1 atom stereocenters. The lowest BCUT2D eigenvalue weighted by molar-refractivity contribution is 0.0648. The maximum atomic E-state index is 11.6. The molecule has 8 heteroatoms. The van der Waals surface area contributed by atoms with E-state index in [4.69, 9.17) is 9.15 Å². The van der Waals surface area contributed by atoms with E-state index in [1.165, 1.54) is 10.6 Å². The number of sulfonamides is 1. The minimum absolute atomic E-state index is 0.227. The van der Waals surface area contributed by atoms with Crippen LogP contribution < -0.4 is 0 Å². The normalized spacial score (nSPS) is 17.9. The zero-order valence-electron chi connectivity index (χ0n) is 15.9. The number of furan rings is 1. The summed E-state index contributed by atoms with van der Waals surface area (Å²) in [6.45, 7) is 3.20. The second-order valence-corrected chi connectivity index (χ2v) is 9.10. The van der Waals surface area contributed by atoms with Crippen LogP contribution in [0, 0.1) is 0 Å². The summed E-state index contributed by atoms with van der Waals surface area (Å²) in [5.41, 5.74) is 0.999.